The van der Waals surface area contributed by atoms with E-state index >= 15 is 0 Å². The van der Waals surface area contributed by atoms with E-state index in [1.807, 2.05) is 16.9 Å². The van der Waals surface area contributed by atoms with Gasteiger partial charge in [-0.05, 0) is 77.1 Å². The summed E-state index contributed by atoms with van der Waals surface area (Å²) in [6, 6.07) is 29.4. The lowest BCUT2D eigenvalue weighted by atomic mass is 9.85. The first-order valence-corrected chi connectivity index (χ1v) is 15.2. The van der Waals surface area contributed by atoms with Crippen LogP contribution in [0, 0.1) is 0 Å². The minimum Gasteiger partial charge on any atom is -0.494 e. The lowest BCUT2D eigenvalue weighted by Crippen LogP contribution is -2.10. The number of aryl methyl sites for hydroxylation is 1. The molecule has 5 aromatic rings. The predicted octanol–water partition coefficient (Wildman–Crippen LogP) is 9.42. The Balaban J connectivity index is 1.39. The molecule has 43 heavy (non-hydrogen) atoms. The monoisotopic (exact) mass is 573 g/mol. The SMILES string of the molecule is CC(=O)c1ccc(OCCCCn2nc3c(-c4ccc(C(C)(C)C)cc4)ccc(-c4ccc(C(C)(C)C)cc4)c3n2)cc1. The number of carbonyl (C=O) groups excluding carboxylic acids is 1. The molecule has 1 aromatic heterocycles. The molecule has 0 aliphatic heterocycles. The number of nitrogens with zero attached hydrogens (tertiary/aromatic N) is 3. The summed E-state index contributed by atoms with van der Waals surface area (Å²) in [4.78, 5) is 13.3. The molecular weight excluding hydrogens is 530 g/mol. The molecule has 0 bridgehead atoms. The van der Waals surface area contributed by atoms with Crippen LogP contribution in [-0.4, -0.2) is 27.4 Å². The van der Waals surface area contributed by atoms with Crippen LogP contribution in [0.4, 0.5) is 0 Å². The van der Waals surface area contributed by atoms with Crippen molar-refractivity contribution >= 4 is 16.8 Å². The molecule has 4 aromatic carbocycles. The molecule has 0 aliphatic rings. The van der Waals surface area contributed by atoms with Gasteiger partial charge in [-0.2, -0.15) is 15.0 Å². The van der Waals surface area contributed by atoms with Gasteiger partial charge < -0.3 is 4.74 Å². The molecule has 0 atom stereocenters. The second-order valence-corrected chi connectivity index (χ2v) is 13.4. The van der Waals surface area contributed by atoms with Crippen LogP contribution in [0.25, 0.3) is 33.3 Å². The predicted molar refractivity (Wildman–Crippen MR) is 177 cm³/mol. The smallest absolute Gasteiger partial charge is 0.159 e. The van der Waals surface area contributed by atoms with Crippen molar-refractivity contribution in [3.63, 3.8) is 0 Å². The van der Waals surface area contributed by atoms with Crippen molar-refractivity contribution in [2.45, 2.75) is 78.7 Å². The lowest BCUT2D eigenvalue weighted by molar-refractivity contribution is 0.101. The Kier molecular flexibility index (Phi) is 8.55. The fourth-order valence-electron chi connectivity index (χ4n) is 5.23. The number of Topliss-reactive ketones (excluding diaryl/α,β-unsaturated/α-hetero) is 1. The second-order valence-electron chi connectivity index (χ2n) is 13.4. The van der Waals surface area contributed by atoms with Crippen molar-refractivity contribution < 1.29 is 9.53 Å². The first-order chi connectivity index (χ1) is 20.4. The van der Waals surface area contributed by atoms with E-state index in [9.17, 15) is 4.79 Å². The number of aromatic nitrogens is 3. The van der Waals surface area contributed by atoms with Crippen LogP contribution in [0.1, 0.15) is 82.8 Å². The largest absolute Gasteiger partial charge is 0.494 e. The third-order valence-electron chi connectivity index (χ3n) is 7.99. The third-order valence-corrected chi connectivity index (χ3v) is 7.99. The summed E-state index contributed by atoms with van der Waals surface area (Å²) in [5.41, 5.74) is 9.82. The highest BCUT2D eigenvalue weighted by atomic mass is 16.5. The maximum Gasteiger partial charge on any atom is 0.159 e. The normalized spacial score (nSPS) is 12.1. The van der Waals surface area contributed by atoms with Crippen molar-refractivity contribution in [2.75, 3.05) is 6.61 Å². The number of ether oxygens (including phenoxy) is 1. The third kappa shape index (κ3) is 7.05. The summed E-state index contributed by atoms with van der Waals surface area (Å²) in [6.45, 7) is 16.3. The van der Waals surface area contributed by atoms with E-state index in [0.717, 1.165) is 51.9 Å². The average Bonchev–Trinajstić information content (AvgIpc) is 3.40. The van der Waals surface area contributed by atoms with Gasteiger partial charge in [0.1, 0.15) is 16.8 Å². The van der Waals surface area contributed by atoms with E-state index in [-0.39, 0.29) is 16.6 Å². The molecule has 5 heteroatoms. The Bertz CT molecular complexity index is 1610. The Morgan fingerprint density at radius 1 is 0.651 bits per heavy atom. The summed E-state index contributed by atoms with van der Waals surface area (Å²) in [6.07, 6.45) is 1.76. The van der Waals surface area contributed by atoms with Crippen LogP contribution in [0.3, 0.4) is 0 Å². The summed E-state index contributed by atoms with van der Waals surface area (Å²) < 4.78 is 5.90. The summed E-state index contributed by atoms with van der Waals surface area (Å²) in [5, 5.41) is 10.0. The summed E-state index contributed by atoms with van der Waals surface area (Å²) in [7, 11) is 0. The van der Waals surface area contributed by atoms with E-state index in [2.05, 4.69) is 102 Å². The zero-order chi connectivity index (χ0) is 30.8. The second kappa shape index (κ2) is 12.2. The van der Waals surface area contributed by atoms with E-state index in [1.165, 1.54) is 11.1 Å². The first-order valence-electron chi connectivity index (χ1n) is 15.2. The van der Waals surface area contributed by atoms with E-state index in [1.54, 1.807) is 19.1 Å². The molecule has 0 spiro atoms. The number of carbonyl (C=O) groups is 1. The molecule has 0 N–H and O–H groups in total. The van der Waals surface area contributed by atoms with Gasteiger partial charge in [-0.3, -0.25) is 4.79 Å². The topological polar surface area (TPSA) is 57.0 Å². The quantitative estimate of drug-likeness (QED) is 0.130. The highest BCUT2D eigenvalue weighted by Crippen LogP contribution is 2.35. The lowest BCUT2D eigenvalue weighted by Gasteiger charge is -2.19. The van der Waals surface area contributed by atoms with Crippen LogP contribution in [0.5, 0.6) is 5.75 Å². The van der Waals surface area contributed by atoms with Gasteiger partial charge in [-0.1, -0.05) is 102 Å². The molecule has 5 nitrogen and oxygen atoms in total. The Morgan fingerprint density at radius 3 is 1.53 bits per heavy atom. The Labute approximate surface area is 255 Å². The van der Waals surface area contributed by atoms with Gasteiger partial charge in [-0.15, -0.1) is 0 Å². The molecule has 0 radical (unpaired) electrons. The van der Waals surface area contributed by atoms with Crippen LogP contribution in [-0.2, 0) is 17.4 Å². The number of hydrogen-bond acceptors (Lipinski definition) is 4. The number of unbranched alkanes of at least 4 members (excludes halogenated alkanes) is 1. The fourth-order valence-corrected chi connectivity index (χ4v) is 5.23. The minimum absolute atomic E-state index is 0.0563. The molecule has 5 rings (SSSR count). The maximum absolute atomic E-state index is 11.5. The molecule has 0 saturated heterocycles. The van der Waals surface area contributed by atoms with Crippen molar-refractivity contribution in [3.05, 3.63) is 102 Å². The fraction of sp³-hybridized carbons (Fsp3) is 0.342. The molecule has 222 valence electrons. The maximum atomic E-state index is 11.5. The van der Waals surface area contributed by atoms with E-state index in [4.69, 9.17) is 14.9 Å². The van der Waals surface area contributed by atoms with Crippen molar-refractivity contribution in [3.8, 4) is 28.0 Å². The van der Waals surface area contributed by atoms with Crippen molar-refractivity contribution in [1.29, 1.82) is 0 Å². The molecule has 0 saturated carbocycles. The Hall–Kier alpha value is -4.25. The summed E-state index contributed by atoms with van der Waals surface area (Å²) >= 11 is 0. The van der Waals surface area contributed by atoms with Crippen LogP contribution in [0.2, 0.25) is 0 Å². The zero-order valence-electron chi connectivity index (χ0n) is 26.6. The number of benzene rings is 4. The van der Waals surface area contributed by atoms with E-state index < -0.39 is 0 Å². The zero-order valence-corrected chi connectivity index (χ0v) is 26.6. The Morgan fingerprint density at radius 2 is 1.12 bits per heavy atom. The first kappa shape index (κ1) is 30.2. The minimum atomic E-state index is 0.0563. The molecule has 0 amide bonds. The molecular formula is C38H43N3O2. The van der Waals surface area contributed by atoms with Crippen molar-refractivity contribution in [2.24, 2.45) is 0 Å². The van der Waals surface area contributed by atoms with Gasteiger partial charge >= 0.3 is 0 Å². The molecule has 0 fully saturated rings. The van der Waals surface area contributed by atoms with Crippen molar-refractivity contribution in [1.82, 2.24) is 15.0 Å². The highest BCUT2D eigenvalue weighted by molar-refractivity contribution is 6.00. The van der Waals surface area contributed by atoms with Gasteiger partial charge in [0.05, 0.1) is 13.2 Å². The molecule has 1 heterocycles. The number of fused-ring (bicyclic) bond motifs is 1. The number of rotatable bonds is 9. The summed E-state index contributed by atoms with van der Waals surface area (Å²) in [5.74, 6) is 0.831. The molecule has 0 unspecified atom stereocenters. The van der Waals surface area contributed by atoms with Gasteiger partial charge in [0.2, 0.25) is 0 Å². The number of ketones is 1. The average molecular weight is 574 g/mol. The highest BCUT2D eigenvalue weighted by Gasteiger charge is 2.18. The number of hydrogen-bond donors (Lipinski definition) is 0. The van der Waals surface area contributed by atoms with Gasteiger partial charge in [0.15, 0.2) is 5.78 Å². The van der Waals surface area contributed by atoms with Crippen LogP contribution < -0.4 is 4.74 Å². The van der Waals surface area contributed by atoms with Crippen LogP contribution in [0.15, 0.2) is 84.9 Å². The van der Waals surface area contributed by atoms with Crippen LogP contribution >= 0.6 is 0 Å². The van der Waals surface area contributed by atoms with Gasteiger partial charge in [-0.25, -0.2) is 0 Å². The van der Waals surface area contributed by atoms with Gasteiger partial charge in [0, 0.05) is 16.7 Å². The van der Waals surface area contributed by atoms with Gasteiger partial charge in [0.25, 0.3) is 0 Å². The standard InChI is InChI=1S/C38H43N3O2/c1-26(42)27-14-20-32(21-15-27)43-25-9-8-24-41-39-35-33(28-10-16-30(17-11-28)37(2,3)4)22-23-34(36(35)40-41)29-12-18-31(19-13-29)38(5,6)7/h10-23H,8-9,24-25H2,1-7H3. The van der Waals surface area contributed by atoms with E-state index in [0.29, 0.717) is 18.7 Å². The molecule has 0 aliphatic carbocycles.